The molecule has 6 rings (SSSR count). The minimum atomic E-state index is -0.0455. The minimum absolute atomic E-state index is 0.0455. The fraction of sp³-hybridized carbons (Fsp3) is 0.654. The van der Waals surface area contributed by atoms with E-state index in [0.717, 1.165) is 36.5 Å². The van der Waals surface area contributed by atoms with E-state index in [9.17, 15) is 5.11 Å². The lowest BCUT2D eigenvalue weighted by atomic mass is 9.45. The van der Waals surface area contributed by atoms with Crippen LogP contribution < -0.4 is 0 Å². The highest BCUT2D eigenvalue weighted by Crippen LogP contribution is 2.65. The first-order chi connectivity index (χ1) is 13.5. The summed E-state index contributed by atoms with van der Waals surface area (Å²) in [5, 5.41) is 11.6. The molecule has 0 radical (unpaired) electrons. The highest BCUT2D eigenvalue weighted by Gasteiger charge is 2.59. The number of aromatic nitrogens is 1. The molecule has 0 saturated heterocycles. The van der Waals surface area contributed by atoms with Gasteiger partial charge in [0.15, 0.2) is 0 Å². The van der Waals surface area contributed by atoms with E-state index in [1.54, 1.807) is 0 Å². The number of pyridine rings is 1. The van der Waals surface area contributed by atoms with Gasteiger partial charge in [-0.05, 0) is 98.1 Å². The molecule has 0 amide bonds. The Morgan fingerprint density at radius 3 is 2.75 bits per heavy atom. The zero-order chi connectivity index (χ0) is 19.1. The fourth-order valence-electron chi connectivity index (χ4n) is 8.27. The summed E-state index contributed by atoms with van der Waals surface area (Å²) in [6, 6.07) is 11.1. The average Bonchev–Trinajstić information content (AvgIpc) is 2.99. The van der Waals surface area contributed by atoms with Crippen LogP contribution in [0.1, 0.15) is 70.1 Å². The fourth-order valence-corrected chi connectivity index (χ4v) is 8.27. The third-order valence-electron chi connectivity index (χ3n) is 9.81. The Bertz CT molecular complexity index is 937. The molecule has 0 aliphatic heterocycles. The maximum Gasteiger partial charge on any atom is 0.0705 e. The van der Waals surface area contributed by atoms with Gasteiger partial charge in [-0.1, -0.05) is 32.0 Å². The van der Waals surface area contributed by atoms with Crippen LogP contribution in [0.15, 0.2) is 30.3 Å². The predicted octanol–water partition coefficient (Wildman–Crippen LogP) is 5.65. The smallest absolute Gasteiger partial charge is 0.0705 e. The molecule has 1 aromatic heterocycles. The van der Waals surface area contributed by atoms with Crippen molar-refractivity contribution in [2.24, 2.45) is 29.1 Å². The third kappa shape index (κ3) is 2.22. The van der Waals surface area contributed by atoms with Gasteiger partial charge in [0.05, 0.1) is 17.3 Å². The van der Waals surface area contributed by atoms with Crippen molar-refractivity contribution in [3.63, 3.8) is 0 Å². The van der Waals surface area contributed by atoms with Gasteiger partial charge in [0.1, 0.15) is 0 Å². The lowest BCUT2D eigenvalue weighted by molar-refractivity contribution is -0.111. The molecule has 4 aliphatic rings. The number of hydrogen-bond acceptors (Lipinski definition) is 2. The highest BCUT2D eigenvalue weighted by atomic mass is 16.3. The highest BCUT2D eigenvalue weighted by molar-refractivity contribution is 5.80. The molecule has 2 nitrogen and oxygen atoms in total. The van der Waals surface area contributed by atoms with Crippen LogP contribution in [0.3, 0.4) is 0 Å². The number of para-hydroxylation sites is 1. The van der Waals surface area contributed by atoms with Crippen LogP contribution in [0.5, 0.6) is 0 Å². The molecule has 2 aromatic rings. The maximum atomic E-state index is 10.3. The van der Waals surface area contributed by atoms with Crippen molar-refractivity contribution in [2.75, 3.05) is 0 Å². The molecule has 1 N–H and O–H groups in total. The lowest BCUT2D eigenvalue weighted by Gasteiger charge is -2.60. The Hall–Kier alpha value is -1.41. The van der Waals surface area contributed by atoms with Crippen LogP contribution >= 0.6 is 0 Å². The first-order valence-electron chi connectivity index (χ1n) is 11.6. The van der Waals surface area contributed by atoms with Crippen LogP contribution in [-0.2, 0) is 11.8 Å². The third-order valence-corrected chi connectivity index (χ3v) is 9.81. The molecule has 0 bridgehead atoms. The molecule has 3 saturated carbocycles. The van der Waals surface area contributed by atoms with Crippen LogP contribution in [0.25, 0.3) is 10.9 Å². The summed E-state index contributed by atoms with van der Waals surface area (Å²) in [5.41, 5.74) is 4.83. The molecule has 1 aromatic carbocycles. The van der Waals surface area contributed by atoms with Gasteiger partial charge in [-0.15, -0.1) is 0 Å². The van der Waals surface area contributed by atoms with Crippen LogP contribution in [-0.4, -0.2) is 16.2 Å². The molecular weight excluding hydrogens is 342 g/mol. The summed E-state index contributed by atoms with van der Waals surface area (Å²) in [7, 11) is 0. The Morgan fingerprint density at radius 2 is 1.86 bits per heavy atom. The van der Waals surface area contributed by atoms with Crippen molar-refractivity contribution in [1.82, 2.24) is 4.98 Å². The van der Waals surface area contributed by atoms with Crippen LogP contribution in [0.2, 0.25) is 0 Å². The maximum absolute atomic E-state index is 10.3. The van der Waals surface area contributed by atoms with Crippen molar-refractivity contribution >= 4 is 10.9 Å². The van der Waals surface area contributed by atoms with Gasteiger partial charge in [-0.25, -0.2) is 0 Å². The molecule has 148 valence electrons. The van der Waals surface area contributed by atoms with E-state index < -0.39 is 0 Å². The van der Waals surface area contributed by atoms with Crippen molar-refractivity contribution in [2.45, 2.75) is 76.7 Å². The second-order valence-corrected chi connectivity index (χ2v) is 10.9. The van der Waals surface area contributed by atoms with Crippen molar-refractivity contribution in [3.05, 3.63) is 41.6 Å². The summed E-state index contributed by atoms with van der Waals surface area (Å²) in [5.74, 6) is 3.19. The van der Waals surface area contributed by atoms with Crippen molar-refractivity contribution in [1.29, 1.82) is 0 Å². The number of benzene rings is 1. The number of aliphatic hydroxyl groups is 1. The number of fused-ring (bicyclic) bond motifs is 8. The van der Waals surface area contributed by atoms with Gasteiger partial charge in [0.2, 0.25) is 0 Å². The number of rotatable bonds is 0. The van der Waals surface area contributed by atoms with E-state index in [4.69, 9.17) is 4.98 Å². The molecule has 3 fully saturated rings. The molecule has 7 atom stereocenters. The normalized spacial score (nSPS) is 44.5. The Kier molecular flexibility index (Phi) is 3.62. The van der Waals surface area contributed by atoms with E-state index in [1.165, 1.54) is 60.7 Å². The largest absolute Gasteiger partial charge is 0.393 e. The molecule has 1 heterocycles. The molecule has 4 aliphatic carbocycles. The lowest BCUT2D eigenvalue weighted by Crippen LogP contribution is -2.54. The standard InChI is InChI=1S/C26H33NO/c1-25-11-9-19(28)15-18(25)7-8-20-21(25)10-12-26(2)22(20)14-17-13-16-5-3-4-6-23(16)27-24(17)26/h3-6,13,18-22,28H,7-12,14-15H2,1-2H3/t18-,19-,20-,21-,22-,25-,26+/m0/s1. The van der Waals surface area contributed by atoms with Gasteiger partial charge < -0.3 is 5.11 Å². The van der Waals surface area contributed by atoms with E-state index in [0.29, 0.717) is 5.41 Å². The minimum Gasteiger partial charge on any atom is -0.393 e. The van der Waals surface area contributed by atoms with Crippen molar-refractivity contribution in [3.8, 4) is 0 Å². The zero-order valence-electron chi connectivity index (χ0n) is 17.3. The quantitative estimate of drug-likeness (QED) is 0.645. The summed E-state index contributed by atoms with van der Waals surface area (Å²) in [4.78, 5) is 5.23. The number of hydrogen-bond donors (Lipinski definition) is 1. The topological polar surface area (TPSA) is 33.1 Å². The Labute approximate surface area is 168 Å². The number of aliphatic hydroxyl groups excluding tert-OH is 1. The monoisotopic (exact) mass is 375 g/mol. The van der Waals surface area contributed by atoms with Gasteiger partial charge >= 0.3 is 0 Å². The first-order valence-corrected chi connectivity index (χ1v) is 11.6. The van der Waals surface area contributed by atoms with Crippen molar-refractivity contribution < 1.29 is 5.11 Å². The first kappa shape index (κ1) is 17.4. The second-order valence-electron chi connectivity index (χ2n) is 10.9. The summed E-state index contributed by atoms with van der Waals surface area (Å²) in [6.45, 7) is 5.11. The Morgan fingerprint density at radius 1 is 1.00 bits per heavy atom. The molecular formula is C26H33NO. The van der Waals surface area contributed by atoms with Gasteiger partial charge in [0, 0.05) is 10.8 Å². The molecule has 2 heteroatoms. The summed E-state index contributed by atoms with van der Waals surface area (Å²) >= 11 is 0. The van der Waals surface area contributed by atoms with E-state index in [-0.39, 0.29) is 11.5 Å². The number of nitrogens with zero attached hydrogens (tertiary/aromatic N) is 1. The van der Waals surface area contributed by atoms with E-state index >= 15 is 0 Å². The predicted molar refractivity (Wildman–Crippen MR) is 113 cm³/mol. The van der Waals surface area contributed by atoms with Crippen LogP contribution in [0.4, 0.5) is 0 Å². The zero-order valence-corrected chi connectivity index (χ0v) is 17.3. The van der Waals surface area contributed by atoms with Gasteiger partial charge in [-0.3, -0.25) is 4.98 Å². The van der Waals surface area contributed by atoms with E-state index in [2.05, 4.69) is 44.2 Å². The van der Waals surface area contributed by atoms with Gasteiger partial charge in [0.25, 0.3) is 0 Å². The molecule has 28 heavy (non-hydrogen) atoms. The Balaban J connectivity index is 1.39. The SMILES string of the molecule is C[C@]12CC[C@H](O)C[C@@H]1CC[C@H]1[C@@H]2CC[C@@]2(C)c3nc4ccccc4cc3C[C@@H]12. The summed E-state index contributed by atoms with van der Waals surface area (Å²) < 4.78 is 0. The van der Waals surface area contributed by atoms with E-state index in [1.807, 2.05) is 0 Å². The molecule has 0 unspecified atom stereocenters. The van der Waals surface area contributed by atoms with Crippen LogP contribution in [0, 0.1) is 29.1 Å². The molecule has 0 spiro atoms. The average molecular weight is 376 g/mol. The summed E-state index contributed by atoms with van der Waals surface area (Å²) in [6.07, 6.45) is 9.83. The van der Waals surface area contributed by atoms with Gasteiger partial charge in [-0.2, -0.15) is 0 Å². The second kappa shape index (κ2) is 5.81.